The van der Waals surface area contributed by atoms with E-state index in [2.05, 4.69) is 66.7 Å². The second-order valence-corrected chi connectivity index (χ2v) is 15.2. The molecule has 18 nitrogen and oxygen atoms in total. The van der Waals surface area contributed by atoms with Crippen LogP contribution in [0.4, 0.5) is 0 Å². The van der Waals surface area contributed by atoms with E-state index in [-0.39, 0.29) is 43.8 Å². The lowest BCUT2D eigenvalue weighted by Crippen LogP contribution is -2.59. The van der Waals surface area contributed by atoms with Gasteiger partial charge in [-0.25, -0.2) is 4.98 Å². The number of hydrogen-bond acceptors (Lipinski definition) is 12. The number of nitrogens with one attached hydrogen (secondary N) is 8. The van der Waals surface area contributed by atoms with Crippen LogP contribution in [-0.4, -0.2) is 101 Å². The van der Waals surface area contributed by atoms with E-state index in [1.807, 2.05) is 0 Å². The molecule has 14 N–H and O–H groups in total. The molecule has 1 aliphatic heterocycles. The van der Waals surface area contributed by atoms with Crippen molar-refractivity contribution in [2.45, 2.75) is 153 Å². The molecule has 0 aromatic carbocycles. The molecule has 0 bridgehead atoms. The Morgan fingerprint density at radius 3 is 1.72 bits per heavy atom. The minimum Gasteiger partial charge on any atom is -0.372 e. The molecule has 328 valence electrons. The molecule has 58 heavy (non-hydrogen) atoms. The summed E-state index contributed by atoms with van der Waals surface area (Å²) < 4.78 is 0. The summed E-state index contributed by atoms with van der Waals surface area (Å²) >= 11 is 4.30. The van der Waals surface area contributed by atoms with Gasteiger partial charge in [0, 0.05) is 48.8 Å². The molecule has 0 radical (unpaired) electrons. The third kappa shape index (κ3) is 20.4. The first-order chi connectivity index (χ1) is 28.0. The Morgan fingerprint density at radius 1 is 0.690 bits per heavy atom. The van der Waals surface area contributed by atoms with Gasteiger partial charge in [0.25, 0.3) is 0 Å². The number of aromatic amines is 1. The summed E-state index contributed by atoms with van der Waals surface area (Å²) in [5.74, 6) is -3.54. The van der Waals surface area contributed by atoms with Crippen LogP contribution in [-0.2, 0) is 35.2 Å². The van der Waals surface area contributed by atoms with Crippen molar-refractivity contribution in [1.82, 2.24) is 47.2 Å². The first kappa shape index (κ1) is 49.8. The van der Waals surface area contributed by atoms with Gasteiger partial charge in [-0.2, -0.15) is 12.6 Å². The fraction of sp³-hybridized carbons (Fsp3) is 0.718. The highest BCUT2D eigenvalue weighted by Crippen LogP contribution is 2.12. The lowest BCUT2D eigenvalue weighted by Gasteiger charge is -2.27. The average molecular weight is 835 g/mol. The average Bonchev–Trinajstić information content (AvgIpc) is 3.93. The normalized spacial score (nSPS) is 14.7. The van der Waals surface area contributed by atoms with Crippen LogP contribution in [0.5, 0.6) is 0 Å². The third-order valence-corrected chi connectivity index (χ3v) is 10.3. The quantitative estimate of drug-likeness (QED) is 0.0339. The molecule has 0 saturated carbocycles. The van der Waals surface area contributed by atoms with E-state index in [9.17, 15) is 28.8 Å². The minimum absolute atomic E-state index is 0.0112. The van der Waals surface area contributed by atoms with E-state index in [1.54, 1.807) is 6.20 Å². The van der Waals surface area contributed by atoms with E-state index in [0.717, 1.165) is 19.3 Å². The van der Waals surface area contributed by atoms with Crippen LogP contribution < -0.4 is 54.4 Å². The number of imidazole rings is 1. The van der Waals surface area contributed by atoms with Gasteiger partial charge in [0.15, 0.2) is 0 Å². The first-order valence-electron chi connectivity index (χ1n) is 21.0. The lowest BCUT2D eigenvalue weighted by atomic mass is 10.0. The fourth-order valence-electron chi connectivity index (χ4n) is 6.46. The van der Waals surface area contributed by atoms with Crippen LogP contribution in [0.15, 0.2) is 24.4 Å². The minimum atomic E-state index is -1.19. The van der Waals surface area contributed by atoms with Gasteiger partial charge in [-0.05, 0) is 58.0 Å². The summed E-state index contributed by atoms with van der Waals surface area (Å²) in [6.45, 7) is 3.40. The molecular formula is C39H70N12O6S. The predicted molar refractivity (Wildman–Crippen MR) is 226 cm³/mol. The standard InChI is InChI=1S/C39H70N12O6S/c1-2-3-4-5-6-7-8-9-10-17-34(52)47-33(24-58)39(57)49-29(15-11-13-18-40)36(54)48-30(16-12-14-19-41)37(55)51-32(21-28-23-44-26-46-28)38(56)50-31(35(42)53)20-27-22-43-25-45-27/h22-23,26,29-33,43,45,58H,2-21,24-25,40-41H2,1H3,(H2,42,53)(H,44,46)(H,47,52)(H,48,54)(H,49,57)(H,50,56)(H,51,55)/t29-,30+,31?,32+,33+/m1/s1. The zero-order valence-corrected chi connectivity index (χ0v) is 35.1. The summed E-state index contributed by atoms with van der Waals surface area (Å²) in [6, 6.07) is -5.43. The number of rotatable bonds is 33. The smallest absolute Gasteiger partial charge is 0.244 e. The number of nitrogens with two attached hydrogens (primary N) is 3. The zero-order valence-electron chi connectivity index (χ0n) is 34.3. The highest BCUT2D eigenvalue weighted by molar-refractivity contribution is 7.80. The molecule has 1 aliphatic rings. The lowest BCUT2D eigenvalue weighted by molar-refractivity contribution is -0.135. The van der Waals surface area contributed by atoms with Crippen molar-refractivity contribution in [1.29, 1.82) is 0 Å². The maximum Gasteiger partial charge on any atom is 0.244 e. The van der Waals surface area contributed by atoms with Gasteiger partial charge < -0.3 is 59.4 Å². The van der Waals surface area contributed by atoms with E-state index in [0.29, 0.717) is 63.3 Å². The molecule has 0 spiro atoms. The molecule has 5 atom stereocenters. The van der Waals surface area contributed by atoms with Gasteiger partial charge >= 0.3 is 0 Å². The topological polar surface area (TPSA) is 293 Å². The highest BCUT2D eigenvalue weighted by Gasteiger charge is 2.32. The third-order valence-electron chi connectivity index (χ3n) is 9.89. The Hall–Kier alpha value is -4.36. The van der Waals surface area contributed by atoms with Gasteiger partial charge in [0.2, 0.25) is 35.4 Å². The molecule has 1 unspecified atom stereocenters. The molecule has 0 aliphatic carbocycles. The van der Waals surface area contributed by atoms with Gasteiger partial charge in [-0.15, -0.1) is 0 Å². The summed E-state index contributed by atoms with van der Waals surface area (Å²) in [5, 5.41) is 19.7. The Morgan fingerprint density at radius 2 is 1.22 bits per heavy atom. The molecule has 6 amide bonds. The molecule has 19 heteroatoms. The van der Waals surface area contributed by atoms with Gasteiger partial charge in [-0.3, -0.25) is 28.8 Å². The largest absolute Gasteiger partial charge is 0.372 e. The Kier molecular flexibility index (Phi) is 25.6. The molecule has 1 aromatic heterocycles. The maximum absolute atomic E-state index is 14.0. The van der Waals surface area contributed by atoms with Crippen LogP contribution in [0.3, 0.4) is 0 Å². The van der Waals surface area contributed by atoms with Crippen LogP contribution >= 0.6 is 12.6 Å². The van der Waals surface area contributed by atoms with Crippen molar-refractivity contribution in [3.05, 3.63) is 30.1 Å². The number of carbonyl (C=O) groups is 6. The Labute approximate surface area is 348 Å². The number of carbonyl (C=O) groups excluding carboxylic acids is 6. The van der Waals surface area contributed by atoms with Crippen LogP contribution in [0.25, 0.3) is 0 Å². The SMILES string of the molecule is CCCCCCCCCCCC(=O)N[C@@H](CS)C(=O)N[C@H](CCCCN)C(=O)N[C@@H](CCCCN)C(=O)N[C@@H](Cc1cnc[nH]1)C(=O)NC(CC1=CNCN1)C(N)=O. The fourth-order valence-corrected chi connectivity index (χ4v) is 6.72. The predicted octanol–water partition coefficient (Wildman–Crippen LogP) is 0.352. The number of nitrogens with zero attached hydrogens (tertiary/aromatic N) is 1. The summed E-state index contributed by atoms with van der Waals surface area (Å²) in [7, 11) is 0. The maximum atomic E-state index is 14.0. The summed E-state index contributed by atoms with van der Waals surface area (Å²) in [4.78, 5) is 87.0. The zero-order chi connectivity index (χ0) is 42.5. The van der Waals surface area contributed by atoms with E-state index in [1.165, 1.54) is 44.6 Å². The van der Waals surface area contributed by atoms with Crippen molar-refractivity contribution in [3.63, 3.8) is 0 Å². The Bertz CT molecular complexity index is 1420. The van der Waals surface area contributed by atoms with Crippen molar-refractivity contribution in [3.8, 4) is 0 Å². The molecular weight excluding hydrogens is 765 g/mol. The van der Waals surface area contributed by atoms with Crippen molar-refractivity contribution >= 4 is 48.1 Å². The van der Waals surface area contributed by atoms with Crippen molar-refractivity contribution in [2.24, 2.45) is 17.2 Å². The number of primary amides is 1. The number of thiol groups is 1. The Balaban J connectivity index is 2.13. The van der Waals surface area contributed by atoms with Gasteiger partial charge in [0.05, 0.1) is 13.0 Å². The van der Waals surface area contributed by atoms with Crippen LogP contribution in [0, 0.1) is 0 Å². The second kappa shape index (κ2) is 29.8. The number of unbranched alkanes of at least 4 members (excludes halogenated alkanes) is 10. The molecule has 0 saturated heterocycles. The van der Waals surface area contributed by atoms with E-state index >= 15 is 0 Å². The van der Waals surface area contributed by atoms with Gasteiger partial charge in [0.1, 0.15) is 30.2 Å². The number of amides is 6. The summed E-state index contributed by atoms with van der Waals surface area (Å²) in [6.07, 6.45) is 17.5. The monoisotopic (exact) mass is 835 g/mol. The van der Waals surface area contributed by atoms with Gasteiger partial charge in [-0.1, -0.05) is 58.3 Å². The number of hydrogen-bond donors (Lipinski definition) is 12. The first-order valence-corrected chi connectivity index (χ1v) is 21.6. The number of H-pyrrole nitrogens is 1. The molecule has 0 fully saturated rings. The van der Waals surface area contributed by atoms with Crippen LogP contribution in [0.2, 0.25) is 0 Å². The summed E-state index contributed by atoms with van der Waals surface area (Å²) in [5.41, 5.74) is 18.3. The second-order valence-electron chi connectivity index (χ2n) is 14.8. The highest BCUT2D eigenvalue weighted by atomic mass is 32.1. The van der Waals surface area contributed by atoms with E-state index in [4.69, 9.17) is 17.2 Å². The van der Waals surface area contributed by atoms with Crippen molar-refractivity contribution in [2.75, 3.05) is 25.5 Å². The van der Waals surface area contributed by atoms with E-state index < -0.39 is 59.7 Å². The van der Waals surface area contributed by atoms with Crippen molar-refractivity contribution < 1.29 is 28.8 Å². The van der Waals surface area contributed by atoms with Crippen LogP contribution in [0.1, 0.15) is 122 Å². The molecule has 2 heterocycles. The molecule has 1 aromatic rings. The molecule has 2 rings (SSSR count). The number of aromatic nitrogens is 2.